The molecule has 0 aromatic heterocycles. The molecule has 0 aliphatic carbocycles. The maximum absolute atomic E-state index is 14.1. The van der Waals surface area contributed by atoms with Gasteiger partial charge in [0.2, 0.25) is 0 Å². The van der Waals surface area contributed by atoms with Crippen LogP contribution < -0.4 is 5.32 Å². The number of guanidine groups is 1. The number of halogens is 1. The molecule has 4 nitrogen and oxygen atoms in total. The summed E-state index contributed by atoms with van der Waals surface area (Å²) in [5.41, 5.74) is 0.362. The van der Waals surface area contributed by atoms with Crippen LogP contribution in [-0.4, -0.2) is 50.8 Å². The minimum absolute atomic E-state index is 0.163. The molecule has 1 fully saturated rings. The van der Waals surface area contributed by atoms with Gasteiger partial charge in [0, 0.05) is 38.1 Å². The quantitative estimate of drug-likeness (QED) is 0.641. The molecule has 1 aromatic carbocycles. The summed E-state index contributed by atoms with van der Waals surface area (Å²) in [6.07, 6.45) is 1.12. The fourth-order valence-electron chi connectivity index (χ4n) is 3.19. The standard InChI is InChI=1S/C19H30FN3O/c1-5-21-18(23-11-10-15(12-23)13-24-4)22-14-19(2,3)16-8-6-7-9-17(16)20/h6-9,15H,5,10-14H2,1-4H3,(H,21,22). The van der Waals surface area contributed by atoms with Crippen molar-refractivity contribution in [3.63, 3.8) is 0 Å². The van der Waals surface area contributed by atoms with E-state index in [0.717, 1.165) is 38.6 Å². The molecule has 134 valence electrons. The minimum atomic E-state index is -0.350. The minimum Gasteiger partial charge on any atom is -0.384 e. The van der Waals surface area contributed by atoms with Crippen molar-refractivity contribution in [3.05, 3.63) is 35.6 Å². The second kappa shape index (κ2) is 8.47. The van der Waals surface area contributed by atoms with Gasteiger partial charge < -0.3 is 15.0 Å². The summed E-state index contributed by atoms with van der Waals surface area (Å²) in [5, 5.41) is 3.37. The smallest absolute Gasteiger partial charge is 0.193 e. The summed E-state index contributed by atoms with van der Waals surface area (Å²) in [4.78, 5) is 7.09. The molecule has 1 saturated heterocycles. The average Bonchev–Trinajstić information content (AvgIpc) is 3.00. The van der Waals surface area contributed by atoms with Gasteiger partial charge in [-0.3, -0.25) is 4.99 Å². The van der Waals surface area contributed by atoms with E-state index in [2.05, 4.69) is 17.1 Å². The van der Waals surface area contributed by atoms with E-state index in [1.165, 1.54) is 6.07 Å². The van der Waals surface area contributed by atoms with Crippen LogP contribution in [0, 0.1) is 11.7 Å². The highest BCUT2D eigenvalue weighted by Gasteiger charge is 2.27. The molecule has 1 heterocycles. The fourth-order valence-corrected chi connectivity index (χ4v) is 3.19. The molecular weight excluding hydrogens is 305 g/mol. The van der Waals surface area contributed by atoms with Crippen LogP contribution in [0.2, 0.25) is 0 Å². The average molecular weight is 335 g/mol. The Morgan fingerprint density at radius 1 is 1.42 bits per heavy atom. The largest absolute Gasteiger partial charge is 0.384 e. The van der Waals surface area contributed by atoms with Crippen molar-refractivity contribution >= 4 is 5.96 Å². The van der Waals surface area contributed by atoms with Crippen LogP contribution in [0.5, 0.6) is 0 Å². The predicted molar refractivity (Wildman–Crippen MR) is 97.0 cm³/mol. The van der Waals surface area contributed by atoms with Gasteiger partial charge in [0.1, 0.15) is 5.82 Å². The SMILES string of the molecule is CCNC(=NCC(C)(C)c1ccccc1F)N1CCC(COC)C1. The molecule has 1 unspecified atom stereocenters. The van der Waals surface area contributed by atoms with Crippen LogP contribution in [0.15, 0.2) is 29.3 Å². The lowest BCUT2D eigenvalue weighted by Gasteiger charge is -2.26. The van der Waals surface area contributed by atoms with E-state index >= 15 is 0 Å². The van der Waals surface area contributed by atoms with Crippen molar-refractivity contribution in [2.45, 2.75) is 32.6 Å². The van der Waals surface area contributed by atoms with E-state index in [0.29, 0.717) is 18.0 Å². The van der Waals surface area contributed by atoms with Gasteiger partial charge in [-0.2, -0.15) is 0 Å². The number of hydrogen-bond donors (Lipinski definition) is 1. The van der Waals surface area contributed by atoms with E-state index < -0.39 is 0 Å². The Kier molecular flexibility index (Phi) is 6.60. The van der Waals surface area contributed by atoms with Gasteiger partial charge in [-0.05, 0) is 25.0 Å². The summed E-state index contributed by atoms with van der Waals surface area (Å²) in [5.74, 6) is 1.31. The summed E-state index contributed by atoms with van der Waals surface area (Å²) in [6, 6.07) is 6.97. The lowest BCUT2D eigenvalue weighted by atomic mass is 9.84. The topological polar surface area (TPSA) is 36.9 Å². The number of nitrogens with zero attached hydrogens (tertiary/aromatic N) is 2. The van der Waals surface area contributed by atoms with Gasteiger partial charge in [0.25, 0.3) is 0 Å². The summed E-state index contributed by atoms with van der Waals surface area (Å²) in [6.45, 7) is 10.2. The number of hydrogen-bond acceptors (Lipinski definition) is 2. The first-order valence-electron chi connectivity index (χ1n) is 8.75. The molecule has 0 amide bonds. The summed E-state index contributed by atoms with van der Waals surface area (Å²) in [7, 11) is 1.75. The van der Waals surface area contributed by atoms with Crippen molar-refractivity contribution in [2.75, 3.05) is 39.9 Å². The summed E-state index contributed by atoms with van der Waals surface area (Å²) < 4.78 is 19.4. The van der Waals surface area contributed by atoms with Gasteiger partial charge >= 0.3 is 0 Å². The molecule has 1 aliphatic rings. The van der Waals surface area contributed by atoms with Crippen LogP contribution in [-0.2, 0) is 10.2 Å². The number of rotatable bonds is 6. The first-order chi connectivity index (χ1) is 11.5. The fraction of sp³-hybridized carbons (Fsp3) is 0.632. The number of likely N-dealkylation sites (tertiary alicyclic amines) is 1. The maximum Gasteiger partial charge on any atom is 0.193 e. The van der Waals surface area contributed by atoms with E-state index in [9.17, 15) is 4.39 Å². The molecule has 1 aromatic rings. The van der Waals surface area contributed by atoms with Crippen molar-refractivity contribution in [2.24, 2.45) is 10.9 Å². The first kappa shape index (κ1) is 18.7. The Hall–Kier alpha value is -1.62. The third-order valence-corrected chi connectivity index (χ3v) is 4.55. The normalized spacial score (nSPS) is 19.0. The third kappa shape index (κ3) is 4.69. The molecule has 24 heavy (non-hydrogen) atoms. The van der Waals surface area contributed by atoms with E-state index in [4.69, 9.17) is 9.73 Å². The highest BCUT2D eigenvalue weighted by Crippen LogP contribution is 2.26. The molecule has 0 bridgehead atoms. The highest BCUT2D eigenvalue weighted by atomic mass is 19.1. The second-order valence-electron chi connectivity index (χ2n) is 7.09. The lowest BCUT2D eigenvalue weighted by molar-refractivity contribution is 0.157. The molecule has 0 saturated carbocycles. The van der Waals surface area contributed by atoms with Crippen LogP contribution >= 0.6 is 0 Å². The zero-order valence-electron chi connectivity index (χ0n) is 15.3. The Balaban J connectivity index is 2.09. The second-order valence-corrected chi connectivity index (χ2v) is 7.09. The number of nitrogens with one attached hydrogen (secondary N) is 1. The van der Waals surface area contributed by atoms with Crippen LogP contribution in [0.1, 0.15) is 32.8 Å². The Labute approximate surface area is 145 Å². The van der Waals surface area contributed by atoms with Gasteiger partial charge in [-0.15, -0.1) is 0 Å². The summed E-state index contributed by atoms with van der Waals surface area (Å²) >= 11 is 0. The van der Waals surface area contributed by atoms with E-state index in [1.54, 1.807) is 13.2 Å². The van der Waals surface area contributed by atoms with Gasteiger partial charge in [0.05, 0.1) is 13.2 Å². The van der Waals surface area contributed by atoms with Gasteiger partial charge in [-0.1, -0.05) is 32.0 Å². The van der Waals surface area contributed by atoms with Crippen LogP contribution in [0.3, 0.4) is 0 Å². The zero-order valence-corrected chi connectivity index (χ0v) is 15.3. The van der Waals surface area contributed by atoms with Gasteiger partial charge in [0.15, 0.2) is 5.96 Å². The van der Waals surface area contributed by atoms with Crippen molar-refractivity contribution in [3.8, 4) is 0 Å². The monoisotopic (exact) mass is 335 g/mol. The molecule has 5 heteroatoms. The van der Waals surface area contributed by atoms with Crippen LogP contribution in [0.4, 0.5) is 4.39 Å². The van der Waals surface area contributed by atoms with Crippen LogP contribution in [0.25, 0.3) is 0 Å². The molecule has 2 rings (SSSR count). The van der Waals surface area contributed by atoms with Crippen molar-refractivity contribution in [1.82, 2.24) is 10.2 Å². The number of ether oxygens (including phenoxy) is 1. The maximum atomic E-state index is 14.1. The van der Waals surface area contributed by atoms with E-state index in [-0.39, 0.29) is 11.2 Å². The number of methoxy groups -OCH3 is 1. The molecule has 1 atom stereocenters. The Bertz CT molecular complexity index is 559. The Morgan fingerprint density at radius 2 is 2.17 bits per heavy atom. The number of benzene rings is 1. The Morgan fingerprint density at radius 3 is 2.83 bits per heavy atom. The van der Waals surface area contributed by atoms with Crippen molar-refractivity contribution < 1.29 is 9.13 Å². The molecule has 1 aliphatic heterocycles. The van der Waals surface area contributed by atoms with Crippen molar-refractivity contribution in [1.29, 1.82) is 0 Å². The molecule has 0 spiro atoms. The molecular formula is C19H30FN3O. The zero-order chi connectivity index (χ0) is 17.6. The van der Waals surface area contributed by atoms with E-state index in [1.807, 2.05) is 26.0 Å². The number of aliphatic imine (C=N–C) groups is 1. The first-order valence-corrected chi connectivity index (χ1v) is 8.75. The lowest BCUT2D eigenvalue weighted by Crippen LogP contribution is -2.41. The highest BCUT2D eigenvalue weighted by molar-refractivity contribution is 5.80. The molecule has 0 radical (unpaired) electrons. The third-order valence-electron chi connectivity index (χ3n) is 4.55. The van der Waals surface area contributed by atoms with Gasteiger partial charge in [-0.25, -0.2) is 4.39 Å². The molecule has 1 N–H and O–H groups in total. The predicted octanol–water partition coefficient (Wildman–Crippen LogP) is 3.04.